The van der Waals surface area contributed by atoms with Crippen LogP contribution in [-0.2, 0) is 110 Å². The van der Waals surface area contributed by atoms with Gasteiger partial charge in [-0.1, -0.05) is 76.2 Å². The van der Waals surface area contributed by atoms with Gasteiger partial charge in [-0.05, 0) is 77.6 Å². The highest BCUT2D eigenvalue weighted by molar-refractivity contribution is 4.82. The van der Waals surface area contributed by atoms with Crippen molar-refractivity contribution in [3.05, 3.63) is 0 Å². The molecule has 3 atom stereocenters. The smallest absolute Gasteiger partial charge is 0.104 e. The maximum absolute atomic E-state index is 6.79. The molecule has 0 spiro atoms. The third-order valence-electron chi connectivity index (χ3n) is 14.3. The fraction of sp³-hybridized carbons (Fsp3) is 1.00. The lowest BCUT2D eigenvalue weighted by Crippen LogP contribution is -2.42. The molecule has 0 rings (SSSR count). The highest BCUT2D eigenvalue weighted by atomic mass is 17.2. The van der Waals surface area contributed by atoms with E-state index < -0.39 is 33.9 Å². The van der Waals surface area contributed by atoms with Crippen LogP contribution in [0.2, 0.25) is 0 Å². The van der Waals surface area contributed by atoms with Crippen LogP contribution in [0.3, 0.4) is 0 Å². The van der Waals surface area contributed by atoms with Crippen LogP contribution < -0.4 is 0 Å². The Balaban J connectivity index is 6.29. The lowest BCUT2D eigenvalue weighted by Gasteiger charge is -2.35. The van der Waals surface area contributed by atoms with E-state index in [1.165, 1.54) is 0 Å². The Bertz CT molecular complexity index is 1360. The number of hydrogen-bond donors (Lipinski definition) is 0. The molecule has 0 fully saturated rings. The van der Waals surface area contributed by atoms with E-state index in [1.54, 1.807) is 0 Å². The van der Waals surface area contributed by atoms with Crippen molar-refractivity contribution >= 4 is 0 Å². The van der Waals surface area contributed by atoms with Crippen LogP contribution >= 0.6 is 0 Å². The third-order valence-corrected chi connectivity index (χ3v) is 14.3. The largest absolute Gasteiger partial charge is 0.379 e. The molecule has 0 aromatic heterocycles. The van der Waals surface area contributed by atoms with Gasteiger partial charge in [0.25, 0.3) is 0 Å². The average Bonchev–Trinajstić information content (AvgIpc) is 3.62. The van der Waals surface area contributed by atoms with E-state index in [0.29, 0.717) is 185 Å². The standard InChI is InChI=1S/C65H132O23/c1-13-25-67-35-41-74-49-62(20-8,48-73-40-32-66-24-12)52-77-46-60(79-54-63(21-9,50-75-42-36-68-26-14-2)51-76-43-37-69-27-15-3)44-71-38-33-70-34-39-72-45-61(80-55-65(23-11,58-87-83-30-18-6)59-88-84-31-19-7)47-78-53-64(22-10,56-85-81-28-16-4)57-86-82-29-17-5/h60-61H,13-59H2,1-12H3. The van der Waals surface area contributed by atoms with Crippen molar-refractivity contribution in [2.24, 2.45) is 21.7 Å². The van der Waals surface area contributed by atoms with Gasteiger partial charge in [0.1, 0.15) is 12.2 Å². The zero-order valence-corrected chi connectivity index (χ0v) is 57.8. The minimum Gasteiger partial charge on any atom is -0.379 e. The van der Waals surface area contributed by atoms with Crippen LogP contribution in [0.5, 0.6) is 0 Å². The maximum Gasteiger partial charge on any atom is 0.104 e. The van der Waals surface area contributed by atoms with Crippen LogP contribution in [0, 0.1) is 21.7 Å². The lowest BCUT2D eigenvalue weighted by molar-refractivity contribution is -0.347. The minimum absolute atomic E-state index is 0.209. The van der Waals surface area contributed by atoms with Gasteiger partial charge in [-0.25, -0.2) is 39.1 Å². The second kappa shape index (κ2) is 63.5. The summed E-state index contributed by atoms with van der Waals surface area (Å²) in [5.74, 6) is 0. The maximum atomic E-state index is 6.79. The van der Waals surface area contributed by atoms with Gasteiger partial charge in [-0.3, -0.25) is 0 Å². The van der Waals surface area contributed by atoms with Crippen LogP contribution in [-0.4, -0.2) is 250 Å². The van der Waals surface area contributed by atoms with Gasteiger partial charge in [0.05, 0.1) is 211 Å². The summed E-state index contributed by atoms with van der Waals surface area (Å²) in [4.78, 5) is 44.5. The molecule has 0 saturated heterocycles. The first-order valence-electron chi connectivity index (χ1n) is 33.8. The Hall–Kier alpha value is -0.920. The van der Waals surface area contributed by atoms with E-state index in [4.69, 9.17) is 110 Å². The quantitative estimate of drug-likeness (QED) is 0.0315. The van der Waals surface area contributed by atoms with Crippen molar-refractivity contribution in [2.75, 3.05) is 238 Å². The normalized spacial score (nSPS) is 13.9. The number of rotatable bonds is 75. The summed E-state index contributed by atoms with van der Waals surface area (Å²) in [5.41, 5.74) is -2.01. The SMILES string of the molecule is CCCOCCOCC(CC)(COCCOCC)COCC(COCCOCCOCC(COCC(CC)(COOCCC)COOCCC)OCC(CC)(COOCCC)COOCCC)OCC(CC)(COCCOCCC)COCCOCCC. The molecule has 0 N–H and O–H groups in total. The third kappa shape index (κ3) is 47.9. The van der Waals surface area contributed by atoms with E-state index in [9.17, 15) is 0 Å². The van der Waals surface area contributed by atoms with E-state index in [-0.39, 0.29) is 66.1 Å². The van der Waals surface area contributed by atoms with Gasteiger partial charge < -0.3 is 71.1 Å². The molecule has 0 aromatic carbocycles. The summed E-state index contributed by atoms with van der Waals surface area (Å²) >= 11 is 0. The first-order valence-corrected chi connectivity index (χ1v) is 33.8. The topological polar surface area (TPSA) is 212 Å². The van der Waals surface area contributed by atoms with Crippen molar-refractivity contribution in [1.82, 2.24) is 0 Å². The van der Waals surface area contributed by atoms with Crippen molar-refractivity contribution in [3.63, 3.8) is 0 Å². The average molecular weight is 1280 g/mol. The van der Waals surface area contributed by atoms with E-state index in [2.05, 4.69) is 48.5 Å². The molecule has 23 heteroatoms. The van der Waals surface area contributed by atoms with Crippen LogP contribution in [0.25, 0.3) is 0 Å². The molecule has 0 amide bonds. The zero-order chi connectivity index (χ0) is 64.7. The molecule has 3 unspecified atom stereocenters. The van der Waals surface area contributed by atoms with Gasteiger partial charge in [-0.2, -0.15) is 0 Å². The molecule has 0 aromatic rings. The Morgan fingerprint density at radius 3 is 0.716 bits per heavy atom. The van der Waals surface area contributed by atoms with Crippen molar-refractivity contribution in [3.8, 4) is 0 Å². The molecule has 0 aliphatic rings. The summed E-state index contributed by atoms with van der Waals surface area (Å²) in [7, 11) is 0. The van der Waals surface area contributed by atoms with Crippen molar-refractivity contribution in [2.45, 2.75) is 166 Å². The lowest BCUT2D eigenvalue weighted by atomic mass is 9.87. The van der Waals surface area contributed by atoms with E-state index >= 15 is 0 Å². The number of ether oxygens (including phenoxy) is 15. The Labute approximate surface area is 533 Å². The van der Waals surface area contributed by atoms with Crippen molar-refractivity contribution < 1.29 is 110 Å². The fourth-order valence-corrected chi connectivity index (χ4v) is 7.93. The van der Waals surface area contributed by atoms with Gasteiger partial charge in [0, 0.05) is 48.1 Å². The summed E-state index contributed by atoms with van der Waals surface area (Å²) in [6, 6.07) is 0. The Kier molecular flexibility index (Phi) is 62.8. The second-order valence-electron chi connectivity index (χ2n) is 22.7. The van der Waals surface area contributed by atoms with Gasteiger partial charge >= 0.3 is 0 Å². The molecular weight excluding hydrogens is 1150 g/mol. The molecule has 0 saturated carbocycles. The summed E-state index contributed by atoms with van der Waals surface area (Å²) < 4.78 is 92.6. The summed E-state index contributed by atoms with van der Waals surface area (Å²) in [6.07, 6.45) is 8.07. The van der Waals surface area contributed by atoms with Gasteiger partial charge in [0.15, 0.2) is 0 Å². The first kappa shape index (κ1) is 87.1. The second-order valence-corrected chi connectivity index (χ2v) is 22.7. The molecule has 23 nitrogen and oxygen atoms in total. The predicted octanol–water partition coefficient (Wildman–Crippen LogP) is 10.2. The van der Waals surface area contributed by atoms with Crippen LogP contribution in [0.4, 0.5) is 0 Å². The minimum atomic E-state index is -0.590. The highest BCUT2D eigenvalue weighted by Gasteiger charge is 2.36. The molecule has 0 aliphatic heterocycles. The van der Waals surface area contributed by atoms with Crippen LogP contribution in [0.15, 0.2) is 0 Å². The van der Waals surface area contributed by atoms with Gasteiger partial charge in [0.2, 0.25) is 0 Å². The Morgan fingerprint density at radius 2 is 0.420 bits per heavy atom. The molecule has 88 heavy (non-hydrogen) atoms. The summed E-state index contributed by atoms with van der Waals surface area (Å²) in [6.45, 7) is 39.5. The fourth-order valence-electron chi connectivity index (χ4n) is 7.93. The monoisotopic (exact) mass is 1280 g/mol. The number of hydrogen-bond acceptors (Lipinski definition) is 23. The Morgan fingerprint density at radius 1 is 0.193 bits per heavy atom. The molecule has 0 aliphatic carbocycles. The summed E-state index contributed by atoms with van der Waals surface area (Å²) in [5, 5.41) is 0. The molecule has 0 radical (unpaired) electrons. The zero-order valence-electron chi connectivity index (χ0n) is 57.8. The molecule has 530 valence electrons. The molecular formula is C65H132O23. The predicted molar refractivity (Wildman–Crippen MR) is 336 cm³/mol. The van der Waals surface area contributed by atoms with E-state index in [0.717, 1.165) is 57.8 Å². The molecule has 0 bridgehead atoms. The van der Waals surface area contributed by atoms with Gasteiger partial charge in [-0.15, -0.1) is 0 Å². The van der Waals surface area contributed by atoms with Crippen LogP contribution in [0.1, 0.15) is 154 Å². The van der Waals surface area contributed by atoms with Crippen molar-refractivity contribution in [1.29, 1.82) is 0 Å². The molecule has 0 heterocycles. The highest BCUT2D eigenvalue weighted by Crippen LogP contribution is 2.29. The first-order chi connectivity index (χ1) is 43.1. The van der Waals surface area contributed by atoms with E-state index in [1.807, 2.05) is 34.6 Å².